The molecule has 2 N–H and O–H groups in total. The van der Waals surface area contributed by atoms with Gasteiger partial charge >= 0.3 is 0 Å². The smallest absolute Gasteiger partial charge is 0.261 e. The third-order valence-electron chi connectivity index (χ3n) is 4.47. The molecule has 0 aliphatic carbocycles. The minimum absolute atomic E-state index is 0.171. The number of pyridine rings is 1. The Morgan fingerprint density at radius 1 is 1.03 bits per heavy atom. The van der Waals surface area contributed by atoms with Crippen molar-refractivity contribution in [1.82, 2.24) is 10.3 Å². The van der Waals surface area contributed by atoms with Gasteiger partial charge in [0.2, 0.25) is 0 Å². The van der Waals surface area contributed by atoms with Crippen LogP contribution in [0.15, 0.2) is 81.7 Å². The van der Waals surface area contributed by atoms with E-state index in [9.17, 15) is 13.2 Å². The number of anilines is 1. The van der Waals surface area contributed by atoms with Crippen molar-refractivity contribution < 1.29 is 17.9 Å². The summed E-state index contributed by atoms with van der Waals surface area (Å²) in [6, 6.07) is 17.2. The van der Waals surface area contributed by atoms with Crippen LogP contribution in [0.3, 0.4) is 0 Å². The molecule has 0 aliphatic heterocycles. The van der Waals surface area contributed by atoms with Gasteiger partial charge in [0.15, 0.2) is 0 Å². The molecule has 3 rings (SSSR count). The maximum Gasteiger partial charge on any atom is 0.261 e. The quantitative estimate of drug-likeness (QED) is 0.432. The number of rotatable bonds is 10. The van der Waals surface area contributed by atoms with Crippen LogP contribution in [-0.2, 0) is 14.8 Å². The number of ether oxygens (including phenoxy) is 1. The zero-order chi connectivity index (χ0) is 23.0. The highest BCUT2D eigenvalue weighted by Crippen LogP contribution is 2.27. The molecule has 0 spiro atoms. The number of carbonyl (C=O) groups excluding carboxylic acids is 1. The van der Waals surface area contributed by atoms with E-state index >= 15 is 0 Å². The van der Waals surface area contributed by atoms with E-state index in [4.69, 9.17) is 4.74 Å². The lowest BCUT2D eigenvalue weighted by Crippen LogP contribution is -2.25. The summed E-state index contributed by atoms with van der Waals surface area (Å²) in [4.78, 5) is 17.5. The highest BCUT2D eigenvalue weighted by Gasteiger charge is 2.14. The molecular formula is C23H25N3O4S2. The maximum atomic E-state index is 12.5. The average Bonchev–Trinajstić information content (AvgIpc) is 2.78. The summed E-state index contributed by atoms with van der Waals surface area (Å²) in [5, 5.41) is 3.55. The number of carbonyl (C=O) groups is 1. The van der Waals surface area contributed by atoms with Crippen molar-refractivity contribution in [3.8, 4) is 0 Å². The van der Waals surface area contributed by atoms with Gasteiger partial charge in [-0.05, 0) is 61.9 Å². The summed E-state index contributed by atoms with van der Waals surface area (Å²) in [5.74, 6) is -0.171. The molecule has 2 aromatic carbocycles. The monoisotopic (exact) mass is 471 g/mol. The Balaban J connectivity index is 1.57. The molecule has 168 valence electrons. The summed E-state index contributed by atoms with van der Waals surface area (Å²) >= 11 is 1.42. The summed E-state index contributed by atoms with van der Waals surface area (Å²) in [5.41, 5.74) is 1.96. The number of nitrogens with zero attached hydrogens (tertiary/aromatic N) is 1. The molecule has 0 aliphatic rings. The van der Waals surface area contributed by atoms with E-state index in [1.165, 1.54) is 18.0 Å². The molecule has 9 heteroatoms. The molecule has 0 radical (unpaired) electrons. The van der Waals surface area contributed by atoms with Crippen LogP contribution < -0.4 is 10.0 Å². The fourth-order valence-corrected chi connectivity index (χ4v) is 4.55. The summed E-state index contributed by atoms with van der Waals surface area (Å²) in [7, 11) is -2.01. The van der Waals surface area contributed by atoms with Gasteiger partial charge in [0.25, 0.3) is 15.9 Å². The van der Waals surface area contributed by atoms with Gasteiger partial charge in [-0.1, -0.05) is 29.5 Å². The predicted octanol–water partition coefficient (Wildman–Crippen LogP) is 4.11. The van der Waals surface area contributed by atoms with Gasteiger partial charge in [-0.15, -0.1) is 0 Å². The molecular weight excluding hydrogens is 446 g/mol. The van der Waals surface area contributed by atoms with Crippen LogP contribution in [0.1, 0.15) is 22.3 Å². The molecule has 1 amide bonds. The van der Waals surface area contributed by atoms with E-state index in [0.29, 0.717) is 24.4 Å². The molecule has 0 bridgehead atoms. The number of amides is 1. The molecule has 1 heterocycles. The molecule has 32 heavy (non-hydrogen) atoms. The third-order valence-corrected chi connectivity index (χ3v) is 6.83. The Morgan fingerprint density at radius 2 is 1.75 bits per heavy atom. The Bertz CT molecular complexity index is 1130. The first-order valence-electron chi connectivity index (χ1n) is 9.98. The Hall–Kier alpha value is -2.88. The van der Waals surface area contributed by atoms with Crippen molar-refractivity contribution >= 4 is 33.4 Å². The molecule has 0 atom stereocenters. The number of aryl methyl sites for hydroxylation is 1. The fourth-order valence-electron chi connectivity index (χ4n) is 2.74. The molecule has 0 saturated carbocycles. The van der Waals surface area contributed by atoms with Crippen LogP contribution in [-0.4, -0.2) is 39.6 Å². The second-order valence-electron chi connectivity index (χ2n) is 7.03. The van der Waals surface area contributed by atoms with Gasteiger partial charge < -0.3 is 10.1 Å². The van der Waals surface area contributed by atoms with Crippen LogP contribution in [0.5, 0.6) is 0 Å². The van der Waals surface area contributed by atoms with Crippen molar-refractivity contribution in [2.75, 3.05) is 25.0 Å². The highest BCUT2D eigenvalue weighted by atomic mass is 32.2. The Labute approximate surface area is 192 Å². The van der Waals surface area contributed by atoms with Gasteiger partial charge in [-0.2, -0.15) is 0 Å². The van der Waals surface area contributed by atoms with Crippen LogP contribution in [0, 0.1) is 6.92 Å². The topological polar surface area (TPSA) is 97.4 Å². The minimum Gasteiger partial charge on any atom is -0.385 e. The van der Waals surface area contributed by atoms with E-state index in [1.807, 2.05) is 19.1 Å². The first-order valence-corrected chi connectivity index (χ1v) is 12.3. The zero-order valence-electron chi connectivity index (χ0n) is 17.9. The molecule has 0 fully saturated rings. The lowest BCUT2D eigenvalue weighted by molar-refractivity contribution is 0.0948. The number of benzene rings is 2. The molecule has 1 aromatic heterocycles. The third kappa shape index (κ3) is 6.81. The first kappa shape index (κ1) is 23.8. The standard InChI is InChI=1S/C23H25N3O4S2/c1-17-4-11-21(12-5-17)32(28,29)26-19-7-9-20(10-8-19)31-22-13-6-18(16-25-22)23(27)24-14-3-15-30-2/h4-13,16,26H,3,14-15H2,1-2H3,(H,24,27). The number of hydrogen-bond acceptors (Lipinski definition) is 6. The average molecular weight is 472 g/mol. The summed E-state index contributed by atoms with van der Waals surface area (Å²) < 4.78 is 32.6. The largest absolute Gasteiger partial charge is 0.385 e. The maximum absolute atomic E-state index is 12.5. The van der Waals surface area contributed by atoms with Crippen molar-refractivity contribution in [1.29, 1.82) is 0 Å². The molecule has 0 unspecified atom stereocenters. The van der Waals surface area contributed by atoms with Crippen molar-refractivity contribution in [2.24, 2.45) is 0 Å². The second-order valence-corrected chi connectivity index (χ2v) is 9.81. The van der Waals surface area contributed by atoms with Crippen LogP contribution in [0.2, 0.25) is 0 Å². The second kappa shape index (κ2) is 11.1. The van der Waals surface area contributed by atoms with Gasteiger partial charge in [0.05, 0.1) is 10.5 Å². The van der Waals surface area contributed by atoms with Crippen LogP contribution in [0.25, 0.3) is 0 Å². The number of nitrogens with one attached hydrogen (secondary N) is 2. The van der Waals surface area contributed by atoms with Gasteiger partial charge in [-0.3, -0.25) is 9.52 Å². The van der Waals surface area contributed by atoms with Gasteiger partial charge in [0, 0.05) is 37.0 Å². The fraction of sp³-hybridized carbons (Fsp3) is 0.217. The van der Waals surface area contributed by atoms with Crippen molar-refractivity contribution in [3.05, 3.63) is 78.0 Å². The predicted molar refractivity (Wildman–Crippen MR) is 126 cm³/mol. The lowest BCUT2D eigenvalue weighted by atomic mass is 10.2. The molecule has 3 aromatic rings. The van der Waals surface area contributed by atoms with Crippen molar-refractivity contribution in [2.45, 2.75) is 28.2 Å². The molecule has 0 saturated heterocycles. The van der Waals surface area contributed by atoms with Crippen LogP contribution >= 0.6 is 11.8 Å². The normalized spacial score (nSPS) is 11.2. The van der Waals surface area contributed by atoms with Crippen LogP contribution in [0.4, 0.5) is 5.69 Å². The Morgan fingerprint density at radius 3 is 2.38 bits per heavy atom. The van der Waals surface area contributed by atoms with E-state index < -0.39 is 10.0 Å². The van der Waals surface area contributed by atoms with E-state index in [1.54, 1.807) is 55.6 Å². The van der Waals surface area contributed by atoms with Gasteiger partial charge in [-0.25, -0.2) is 13.4 Å². The highest BCUT2D eigenvalue weighted by molar-refractivity contribution is 7.99. The van der Waals surface area contributed by atoms with Gasteiger partial charge in [0.1, 0.15) is 5.03 Å². The lowest BCUT2D eigenvalue weighted by Gasteiger charge is -2.09. The summed E-state index contributed by atoms with van der Waals surface area (Å²) in [6.07, 6.45) is 2.29. The number of sulfonamides is 1. The number of hydrogen-bond donors (Lipinski definition) is 2. The first-order chi connectivity index (χ1) is 15.4. The number of aromatic nitrogens is 1. The summed E-state index contributed by atoms with van der Waals surface area (Å²) in [6.45, 7) is 3.05. The minimum atomic E-state index is -3.64. The number of methoxy groups -OCH3 is 1. The SMILES string of the molecule is COCCCNC(=O)c1ccc(Sc2ccc(NS(=O)(=O)c3ccc(C)cc3)cc2)nc1. The Kier molecular flexibility index (Phi) is 8.26. The van der Waals surface area contributed by atoms with E-state index in [2.05, 4.69) is 15.0 Å². The zero-order valence-corrected chi connectivity index (χ0v) is 19.5. The van der Waals surface area contributed by atoms with E-state index in [-0.39, 0.29) is 10.8 Å². The van der Waals surface area contributed by atoms with E-state index in [0.717, 1.165) is 21.9 Å². The van der Waals surface area contributed by atoms with Crippen molar-refractivity contribution in [3.63, 3.8) is 0 Å². The molecule has 7 nitrogen and oxygen atoms in total.